The van der Waals surface area contributed by atoms with Crippen LogP contribution in [0.15, 0.2) is 54.7 Å². The number of nitrogens with one attached hydrogen (secondary N) is 1. The second-order valence-electron chi connectivity index (χ2n) is 7.29. The quantitative estimate of drug-likeness (QED) is 0.564. The Bertz CT molecular complexity index is 1200. The fraction of sp³-hybridized carbons (Fsp3) is 0.227. The van der Waals surface area contributed by atoms with Gasteiger partial charge in [0.05, 0.1) is 11.0 Å². The number of benzene rings is 2. The van der Waals surface area contributed by atoms with Crippen LogP contribution >= 0.6 is 11.6 Å². The van der Waals surface area contributed by atoms with Crippen LogP contribution in [0, 0.1) is 0 Å². The molecule has 0 saturated carbocycles. The molecule has 146 valence electrons. The first-order valence-corrected chi connectivity index (χ1v) is 10.1. The second kappa shape index (κ2) is 7.46. The predicted molar refractivity (Wildman–Crippen MR) is 114 cm³/mol. The molecule has 6 nitrogen and oxygen atoms in total. The number of fused-ring (bicyclic) bond motifs is 2. The first-order valence-electron chi connectivity index (χ1n) is 9.67. The summed E-state index contributed by atoms with van der Waals surface area (Å²) >= 11 is 6.48. The number of halogens is 1. The largest absolute Gasteiger partial charge is 0.335 e. The number of para-hydroxylation sites is 1. The van der Waals surface area contributed by atoms with Crippen molar-refractivity contribution in [3.05, 3.63) is 71.0 Å². The molecule has 3 heterocycles. The summed E-state index contributed by atoms with van der Waals surface area (Å²) in [5.41, 5.74) is 3.37. The van der Waals surface area contributed by atoms with Gasteiger partial charge in [0.1, 0.15) is 0 Å². The Labute approximate surface area is 173 Å². The molecule has 1 aliphatic heterocycles. The van der Waals surface area contributed by atoms with Gasteiger partial charge in [-0.25, -0.2) is 0 Å². The lowest BCUT2D eigenvalue weighted by Gasteiger charge is -2.34. The fourth-order valence-corrected chi connectivity index (χ4v) is 4.15. The average Bonchev–Trinajstić information content (AvgIpc) is 3.20. The lowest BCUT2D eigenvalue weighted by atomic mass is 10.1. The molecule has 1 amide bonds. The maximum atomic E-state index is 13.0. The molecular weight excluding hydrogens is 386 g/mol. The number of hydrogen-bond donors (Lipinski definition) is 1. The summed E-state index contributed by atoms with van der Waals surface area (Å²) in [6.45, 7) is 3.62. The van der Waals surface area contributed by atoms with Gasteiger partial charge < -0.3 is 4.90 Å². The van der Waals surface area contributed by atoms with Gasteiger partial charge in [-0.1, -0.05) is 41.9 Å². The third-order valence-electron chi connectivity index (χ3n) is 5.54. The Kier molecular flexibility index (Phi) is 4.66. The monoisotopic (exact) mass is 405 g/mol. The van der Waals surface area contributed by atoms with E-state index in [0.717, 1.165) is 52.0 Å². The van der Waals surface area contributed by atoms with Crippen molar-refractivity contribution in [3.63, 3.8) is 0 Å². The van der Waals surface area contributed by atoms with Crippen molar-refractivity contribution in [2.75, 3.05) is 26.2 Å². The molecule has 2 aromatic carbocycles. The number of pyridine rings is 1. The van der Waals surface area contributed by atoms with Crippen molar-refractivity contribution in [2.45, 2.75) is 6.54 Å². The molecule has 0 unspecified atom stereocenters. The number of carbonyl (C=O) groups is 1. The highest BCUT2D eigenvalue weighted by Crippen LogP contribution is 2.26. The van der Waals surface area contributed by atoms with Crippen LogP contribution in [-0.4, -0.2) is 57.1 Å². The van der Waals surface area contributed by atoms with E-state index < -0.39 is 0 Å². The highest BCUT2D eigenvalue weighted by atomic mass is 35.5. The number of hydrogen-bond acceptors (Lipinski definition) is 4. The van der Waals surface area contributed by atoms with Gasteiger partial charge in [-0.05, 0) is 18.2 Å². The van der Waals surface area contributed by atoms with Crippen LogP contribution in [0.5, 0.6) is 0 Å². The van der Waals surface area contributed by atoms with Crippen molar-refractivity contribution in [1.82, 2.24) is 25.0 Å². The summed E-state index contributed by atoms with van der Waals surface area (Å²) in [5, 5.41) is 9.88. The Morgan fingerprint density at radius 3 is 2.72 bits per heavy atom. The minimum Gasteiger partial charge on any atom is -0.335 e. The number of nitrogens with zero attached hydrogens (tertiary/aromatic N) is 4. The molecule has 1 fully saturated rings. The van der Waals surface area contributed by atoms with Crippen LogP contribution < -0.4 is 0 Å². The molecule has 7 heteroatoms. The lowest BCUT2D eigenvalue weighted by Crippen LogP contribution is -2.48. The number of carbonyl (C=O) groups excluding carboxylic acids is 1. The molecule has 0 atom stereocenters. The molecule has 1 aliphatic rings. The summed E-state index contributed by atoms with van der Waals surface area (Å²) in [7, 11) is 0. The van der Waals surface area contributed by atoms with Crippen molar-refractivity contribution < 1.29 is 4.79 Å². The number of piperazine rings is 1. The van der Waals surface area contributed by atoms with E-state index in [9.17, 15) is 4.79 Å². The summed E-state index contributed by atoms with van der Waals surface area (Å²) in [6.07, 6.45) is 1.80. The molecule has 0 aliphatic carbocycles. The molecular formula is C22H20ClN5O. The van der Waals surface area contributed by atoms with Crippen LogP contribution in [0.3, 0.4) is 0 Å². The zero-order valence-electron chi connectivity index (χ0n) is 15.8. The third-order valence-corrected chi connectivity index (χ3v) is 5.89. The Morgan fingerprint density at radius 2 is 1.86 bits per heavy atom. The van der Waals surface area contributed by atoms with Gasteiger partial charge >= 0.3 is 0 Å². The molecule has 1 saturated heterocycles. The molecule has 29 heavy (non-hydrogen) atoms. The van der Waals surface area contributed by atoms with E-state index in [1.54, 1.807) is 6.20 Å². The number of H-pyrrole nitrogens is 1. The minimum atomic E-state index is -0.0213. The second-order valence-corrected chi connectivity index (χ2v) is 7.69. The average molecular weight is 406 g/mol. The first-order chi connectivity index (χ1) is 14.2. The third kappa shape index (κ3) is 3.34. The van der Waals surface area contributed by atoms with Crippen LogP contribution in [-0.2, 0) is 6.54 Å². The van der Waals surface area contributed by atoms with Gasteiger partial charge in [-0.3, -0.25) is 19.8 Å². The van der Waals surface area contributed by atoms with E-state index in [2.05, 4.69) is 20.1 Å². The molecule has 0 spiro atoms. The lowest BCUT2D eigenvalue weighted by molar-refractivity contribution is 0.0625. The predicted octanol–water partition coefficient (Wildman–Crippen LogP) is 3.72. The molecule has 4 aromatic rings. The van der Waals surface area contributed by atoms with Crippen molar-refractivity contribution in [1.29, 1.82) is 0 Å². The van der Waals surface area contributed by atoms with Gasteiger partial charge in [0.25, 0.3) is 5.91 Å². The van der Waals surface area contributed by atoms with Crippen molar-refractivity contribution in [3.8, 4) is 0 Å². The van der Waals surface area contributed by atoms with Gasteiger partial charge in [-0.15, -0.1) is 0 Å². The van der Waals surface area contributed by atoms with Crippen molar-refractivity contribution >= 4 is 39.3 Å². The summed E-state index contributed by atoms with van der Waals surface area (Å²) < 4.78 is 0. The van der Waals surface area contributed by atoms with E-state index in [-0.39, 0.29) is 5.91 Å². The maximum absolute atomic E-state index is 13.0. The minimum absolute atomic E-state index is 0.0213. The van der Waals surface area contributed by atoms with E-state index in [1.165, 1.54) is 0 Å². The molecule has 0 radical (unpaired) electrons. The molecule has 0 bridgehead atoms. The summed E-state index contributed by atoms with van der Waals surface area (Å²) in [6, 6.07) is 15.6. The standard InChI is InChI=1S/C22H20ClN5O/c23-18-8-7-15-4-3-9-24-20(15)17(18)14-27-10-12-28(13-11-27)22(29)21-16-5-1-2-6-19(16)25-26-21/h1-9H,10-14H2,(H,25,26). The first kappa shape index (κ1) is 18.1. The molecule has 2 aromatic heterocycles. The topological polar surface area (TPSA) is 65.1 Å². The van der Waals surface area contributed by atoms with Crippen LogP contribution in [0.1, 0.15) is 16.1 Å². The highest BCUT2D eigenvalue weighted by Gasteiger charge is 2.25. The fourth-order valence-electron chi connectivity index (χ4n) is 3.94. The summed E-state index contributed by atoms with van der Waals surface area (Å²) in [4.78, 5) is 21.7. The van der Waals surface area contributed by atoms with Crippen molar-refractivity contribution in [2.24, 2.45) is 0 Å². The van der Waals surface area contributed by atoms with Crippen LogP contribution in [0.25, 0.3) is 21.8 Å². The Balaban J connectivity index is 1.30. The van der Waals surface area contributed by atoms with E-state index in [4.69, 9.17) is 11.6 Å². The zero-order valence-corrected chi connectivity index (χ0v) is 16.6. The number of amides is 1. The smallest absolute Gasteiger partial charge is 0.275 e. The Morgan fingerprint density at radius 1 is 1.03 bits per heavy atom. The van der Waals surface area contributed by atoms with Gasteiger partial charge in [0.2, 0.25) is 0 Å². The van der Waals surface area contributed by atoms with Gasteiger partial charge in [0.15, 0.2) is 5.69 Å². The van der Waals surface area contributed by atoms with Crippen LogP contribution in [0.4, 0.5) is 0 Å². The van der Waals surface area contributed by atoms with Crippen LogP contribution in [0.2, 0.25) is 5.02 Å². The SMILES string of the molecule is O=C(c1n[nH]c2ccccc12)N1CCN(Cc2c(Cl)ccc3cccnc23)CC1. The molecule has 5 rings (SSSR count). The summed E-state index contributed by atoms with van der Waals surface area (Å²) in [5.74, 6) is -0.0213. The zero-order chi connectivity index (χ0) is 19.8. The van der Waals surface area contributed by atoms with E-state index in [1.807, 2.05) is 53.4 Å². The highest BCUT2D eigenvalue weighted by molar-refractivity contribution is 6.32. The Hall–Kier alpha value is -2.96. The number of rotatable bonds is 3. The molecule has 1 N–H and O–H groups in total. The number of aromatic nitrogens is 3. The normalized spacial score (nSPS) is 15.3. The number of aromatic amines is 1. The van der Waals surface area contributed by atoms with E-state index >= 15 is 0 Å². The van der Waals surface area contributed by atoms with Gasteiger partial charge in [-0.2, -0.15) is 5.10 Å². The maximum Gasteiger partial charge on any atom is 0.275 e. The van der Waals surface area contributed by atoms with E-state index in [0.29, 0.717) is 18.8 Å². The van der Waals surface area contributed by atoms with Gasteiger partial charge in [0, 0.05) is 60.3 Å².